The molecule has 108 valence electrons. The van der Waals surface area contributed by atoms with E-state index in [1.54, 1.807) is 17.8 Å². The summed E-state index contributed by atoms with van der Waals surface area (Å²) in [6.07, 6.45) is -3.66. The van der Waals surface area contributed by atoms with Gasteiger partial charge < -0.3 is 10.4 Å². The summed E-state index contributed by atoms with van der Waals surface area (Å²) in [5.41, 5.74) is -0.569. The standard InChI is InChI=1S/C12H15BrF3NOS/c13-9-2-3-11(10(8-9)12(14,15)16)17-4-7-19-6-1-5-18/h2-3,8,17-18H,1,4-7H2. The fourth-order valence-corrected chi connectivity index (χ4v) is 2.58. The summed E-state index contributed by atoms with van der Waals surface area (Å²) in [5, 5.41) is 11.4. The van der Waals surface area contributed by atoms with Crippen molar-refractivity contribution in [2.45, 2.75) is 12.6 Å². The molecule has 2 N–H and O–H groups in total. The predicted molar refractivity (Wildman–Crippen MR) is 76.7 cm³/mol. The van der Waals surface area contributed by atoms with Gasteiger partial charge in [0.25, 0.3) is 0 Å². The average molecular weight is 358 g/mol. The first-order chi connectivity index (χ1) is 8.95. The topological polar surface area (TPSA) is 32.3 Å². The molecule has 7 heteroatoms. The minimum absolute atomic E-state index is 0.0958. The van der Waals surface area contributed by atoms with E-state index >= 15 is 0 Å². The number of thioether (sulfide) groups is 1. The van der Waals surface area contributed by atoms with Crippen LogP contribution in [0.1, 0.15) is 12.0 Å². The van der Waals surface area contributed by atoms with Crippen LogP contribution in [0.4, 0.5) is 18.9 Å². The van der Waals surface area contributed by atoms with E-state index in [0.29, 0.717) is 23.2 Å². The van der Waals surface area contributed by atoms with E-state index in [-0.39, 0.29) is 12.3 Å². The molecule has 0 spiro atoms. The highest BCUT2D eigenvalue weighted by Gasteiger charge is 2.33. The molecule has 1 aromatic carbocycles. The fraction of sp³-hybridized carbons (Fsp3) is 0.500. The third-order valence-corrected chi connectivity index (χ3v) is 3.86. The number of nitrogens with one attached hydrogen (secondary N) is 1. The van der Waals surface area contributed by atoms with E-state index in [4.69, 9.17) is 5.11 Å². The molecule has 0 unspecified atom stereocenters. The van der Waals surface area contributed by atoms with Crippen LogP contribution in [0, 0.1) is 0 Å². The lowest BCUT2D eigenvalue weighted by molar-refractivity contribution is -0.137. The van der Waals surface area contributed by atoms with Gasteiger partial charge in [0.2, 0.25) is 0 Å². The number of benzene rings is 1. The Hall–Kier alpha value is -0.400. The van der Waals surface area contributed by atoms with Crippen molar-refractivity contribution in [3.8, 4) is 0 Å². The van der Waals surface area contributed by atoms with Gasteiger partial charge in [0.05, 0.1) is 5.56 Å². The Bertz CT molecular complexity index is 401. The van der Waals surface area contributed by atoms with Gasteiger partial charge >= 0.3 is 6.18 Å². The fourth-order valence-electron chi connectivity index (χ4n) is 1.43. The van der Waals surface area contributed by atoms with E-state index < -0.39 is 11.7 Å². The van der Waals surface area contributed by atoms with Gasteiger partial charge in [0.15, 0.2) is 0 Å². The van der Waals surface area contributed by atoms with E-state index in [9.17, 15) is 13.2 Å². The van der Waals surface area contributed by atoms with Gasteiger partial charge in [0, 0.05) is 29.1 Å². The number of aliphatic hydroxyl groups excluding tert-OH is 1. The van der Waals surface area contributed by atoms with Gasteiger partial charge in [-0.05, 0) is 30.4 Å². The molecular formula is C12H15BrF3NOS. The number of rotatable bonds is 7. The smallest absolute Gasteiger partial charge is 0.396 e. The second kappa shape index (κ2) is 8.01. The Labute approximate surface area is 122 Å². The van der Waals surface area contributed by atoms with Gasteiger partial charge in [-0.15, -0.1) is 0 Å². The molecule has 0 aromatic heterocycles. The van der Waals surface area contributed by atoms with Crippen LogP contribution in [0.15, 0.2) is 22.7 Å². The third-order valence-electron chi connectivity index (χ3n) is 2.30. The maximum Gasteiger partial charge on any atom is 0.418 e. The number of hydrogen-bond donors (Lipinski definition) is 2. The average Bonchev–Trinajstić information content (AvgIpc) is 2.34. The van der Waals surface area contributed by atoms with E-state index in [2.05, 4.69) is 21.2 Å². The van der Waals surface area contributed by atoms with Gasteiger partial charge in [-0.3, -0.25) is 0 Å². The molecule has 0 radical (unpaired) electrons. The molecule has 0 aliphatic heterocycles. The Morgan fingerprint density at radius 1 is 1.26 bits per heavy atom. The Balaban J connectivity index is 2.54. The molecule has 0 saturated carbocycles. The molecular weight excluding hydrogens is 343 g/mol. The summed E-state index contributed by atoms with van der Waals surface area (Å²) in [7, 11) is 0. The second-order valence-corrected chi connectivity index (χ2v) is 5.94. The lowest BCUT2D eigenvalue weighted by Gasteiger charge is -2.14. The van der Waals surface area contributed by atoms with Crippen molar-refractivity contribution in [1.82, 2.24) is 0 Å². The molecule has 19 heavy (non-hydrogen) atoms. The van der Waals surface area contributed by atoms with Gasteiger partial charge in [0.1, 0.15) is 0 Å². The summed E-state index contributed by atoms with van der Waals surface area (Å²) >= 11 is 4.64. The monoisotopic (exact) mass is 357 g/mol. The van der Waals surface area contributed by atoms with Crippen molar-refractivity contribution in [1.29, 1.82) is 0 Å². The highest BCUT2D eigenvalue weighted by molar-refractivity contribution is 9.10. The molecule has 0 amide bonds. The number of hydrogen-bond acceptors (Lipinski definition) is 3. The van der Waals surface area contributed by atoms with Crippen molar-refractivity contribution < 1.29 is 18.3 Å². The number of anilines is 1. The highest BCUT2D eigenvalue weighted by atomic mass is 79.9. The molecule has 0 aliphatic carbocycles. The van der Waals surface area contributed by atoms with Gasteiger partial charge in [-0.1, -0.05) is 15.9 Å². The van der Waals surface area contributed by atoms with Crippen molar-refractivity contribution in [3.05, 3.63) is 28.2 Å². The quantitative estimate of drug-likeness (QED) is 0.723. The first-order valence-electron chi connectivity index (χ1n) is 5.74. The van der Waals surface area contributed by atoms with Crippen molar-refractivity contribution >= 4 is 33.4 Å². The van der Waals surface area contributed by atoms with Crippen LogP contribution in [0.2, 0.25) is 0 Å². The predicted octanol–water partition coefficient (Wildman–Crippen LogP) is 4.00. The molecule has 0 fully saturated rings. The summed E-state index contributed by atoms with van der Waals surface area (Å²) in [6.45, 7) is 0.603. The Morgan fingerprint density at radius 3 is 2.63 bits per heavy atom. The van der Waals surface area contributed by atoms with Crippen LogP contribution in [0.3, 0.4) is 0 Å². The van der Waals surface area contributed by atoms with Crippen molar-refractivity contribution in [2.75, 3.05) is 30.0 Å². The summed E-state index contributed by atoms with van der Waals surface area (Å²) in [6, 6.07) is 4.07. The zero-order valence-corrected chi connectivity index (χ0v) is 12.5. The number of halogens is 4. The Morgan fingerprint density at radius 2 is 2.00 bits per heavy atom. The molecule has 0 bridgehead atoms. The lowest BCUT2D eigenvalue weighted by atomic mass is 10.1. The lowest BCUT2D eigenvalue weighted by Crippen LogP contribution is -2.12. The zero-order chi connectivity index (χ0) is 14.3. The van der Waals surface area contributed by atoms with Crippen LogP contribution in [0.5, 0.6) is 0 Å². The van der Waals surface area contributed by atoms with E-state index in [1.165, 1.54) is 6.07 Å². The SMILES string of the molecule is OCCCSCCNc1ccc(Br)cc1C(F)(F)F. The normalized spacial score (nSPS) is 11.6. The first kappa shape index (κ1) is 16.7. The second-order valence-electron chi connectivity index (χ2n) is 3.80. The molecule has 1 rings (SSSR count). The van der Waals surface area contributed by atoms with Gasteiger partial charge in [-0.25, -0.2) is 0 Å². The third kappa shape index (κ3) is 6.05. The van der Waals surface area contributed by atoms with Gasteiger partial charge in [-0.2, -0.15) is 24.9 Å². The van der Waals surface area contributed by atoms with Crippen LogP contribution < -0.4 is 5.32 Å². The van der Waals surface area contributed by atoms with E-state index in [1.807, 2.05) is 0 Å². The molecule has 0 heterocycles. The maximum atomic E-state index is 12.8. The zero-order valence-electron chi connectivity index (χ0n) is 10.1. The van der Waals surface area contributed by atoms with Crippen molar-refractivity contribution in [2.24, 2.45) is 0 Å². The Kier molecular flexibility index (Phi) is 7.02. The van der Waals surface area contributed by atoms with Crippen LogP contribution >= 0.6 is 27.7 Å². The minimum Gasteiger partial charge on any atom is -0.396 e. The summed E-state index contributed by atoms with van der Waals surface area (Å²) in [4.78, 5) is 0. The van der Waals surface area contributed by atoms with Crippen LogP contribution in [-0.4, -0.2) is 29.8 Å². The molecule has 1 aromatic rings. The maximum absolute atomic E-state index is 12.8. The summed E-state index contributed by atoms with van der Waals surface area (Å²) in [5.74, 6) is 1.51. The molecule has 2 nitrogen and oxygen atoms in total. The minimum atomic E-state index is -4.36. The molecule has 0 atom stereocenters. The van der Waals surface area contributed by atoms with Crippen LogP contribution in [0.25, 0.3) is 0 Å². The summed E-state index contributed by atoms with van der Waals surface area (Å²) < 4.78 is 38.8. The number of aliphatic hydroxyl groups is 1. The molecule has 0 saturated heterocycles. The van der Waals surface area contributed by atoms with Crippen molar-refractivity contribution in [3.63, 3.8) is 0 Å². The molecule has 0 aliphatic rings. The number of alkyl halides is 3. The highest BCUT2D eigenvalue weighted by Crippen LogP contribution is 2.36. The first-order valence-corrected chi connectivity index (χ1v) is 7.69. The van der Waals surface area contributed by atoms with Crippen LogP contribution in [-0.2, 0) is 6.18 Å². The largest absolute Gasteiger partial charge is 0.418 e. The van der Waals surface area contributed by atoms with E-state index in [0.717, 1.165) is 11.8 Å².